The first-order chi connectivity index (χ1) is 27.7. The highest BCUT2D eigenvalue weighted by atomic mass is 32.2. The van der Waals surface area contributed by atoms with Gasteiger partial charge in [-0.2, -0.15) is 12.7 Å². The van der Waals surface area contributed by atoms with Gasteiger partial charge in [0.2, 0.25) is 10.0 Å². The fourth-order valence-corrected chi connectivity index (χ4v) is 10.8. The van der Waals surface area contributed by atoms with Crippen LogP contribution in [-0.4, -0.2) is 38.8 Å². The molecule has 0 saturated carbocycles. The number of fused-ring (bicyclic) bond motifs is 3. The van der Waals surface area contributed by atoms with E-state index in [0.717, 1.165) is 60.8 Å². The molecule has 0 aromatic heterocycles. The fraction of sp³-hybridized carbons (Fsp3) is 0.755. The Balaban J connectivity index is 1.40. The van der Waals surface area contributed by atoms with E-state index >= 15 is 0 Å². The van der Waals surface area contributed by atoms with Gasteiger partial charge in [-0.3, -0.25) is 4.55 Å². The van der Waals surface area contributed by atoms with Gasteiger partial charge >= 0.3 is 0 Å². The number of hydrogen-bond acceptors (Lipinski definition) is 4. The largest absolute Gasteiger partial charge is 0.294 e. The maximum absolute atomic E-state index is 14.2. The summed E-state index contributed by atoms with van der Waals surface area (Å²) < 4.78 is 63.2. The van der Waals surface area contributed by atoms with Gasteiger partial charge in [-0.25, -0.2) is 8.42 Å². The summed E-state index contributed by atoms with van der Waals surface area (Å²) in [5.41, 5.74) is 3.48. The predicted octanol–water partition coefficient (Wildman–Crippen LogP) is 15.0. The average Bonchev–Trinajstić information content (AvgIpc) is 3.56. The van der Waals surface area contributed by atoms with Crippen LogP contribution in [0.2, 0.25) is 0 Å². The lowest BCUT2D eigenvalue weighted by atomic mass is 10.0. The van der Waals surface area contributed by atoms with Crippen molar-refractivity contribution in [3.05, 3.63) is 47.5 Å². The van der Waals surface area contributed by atoms with Crippen LogP contribution in [-0.2, 0) is 26.6 Å². The van der Waals surface area contributed by atoms with Crippen molar-refractivity contribution in [3.63, 3.8) is 0 Å². The third-order valence-corrected chi connectivity index (χ3v) is 15.0. The van der Waals surface area contributed by atoms with Crippen molar-refractivity contribution in [3.8, 4) is 11.1 Å². The zero-order chi connectivity index (χ0) is 41.0. The van der Waals surface area contributed by atoms with E-state index in [9.17, 15) is 21.4 Å². The second-order valence-corrected chi connectivity index (χ2v) is 20.7. The summed E-state index contributed by atoms with van der Waals surface area (Å²) in [6, 6.07) is 9.98. The Hall–Kier alpha value is -1.74. The van der Waals surface area contributed by atoms with Crippen molar-refractivity contribution < 1.29 is 21.4 Å². The van der Waals surface area contributed by atoms with Crippen molar-refractivity contribution >= 4 is 20.1 Å². The summed E-state index contributed by atoms with van der Waals surface area (Å²) in [6.07, 6.45) is 41.9. The van der Waals surface area contributed by atoms with Gasteiger partial charge in [0.1, 0.15) is 0 Å². The molecule has 0 amide bonds. The molecule has 0 unspecified atom stereocenters. The van der Waals surface area contributed by atoms with Gasteiger partial charge in [0.25, 0.3) is 10.1 Å². The molecule has 0 radical (unpaired) electrons. The molecule has 0 aliphatic heterocycles. The maximum atomic E-state index is 14.2. The third kappa shape index (κ3) is 19.9. The topological polar surface area (TPSA) is 91.8 Å². The molecule has 1 N–H and O–H groups in total. The predicted molar refractivity (Wildman–Crippen MR) is 242 cm³/mol. The van der Waals surface area contributed by atoms with Crippen molar-refractivity contribution in [2.45, 2.75) is 236 Å². The molecule has 8 heteroatoms. The van der Waals surface area contributed by atoms with Gasteiger partial charge in [0, 0.05) is 13.1 Å². The summed E-state index contributed by atoms with van der Waals surface area (Å²) >= 11 is 0. The van der Waals surface area contributed by atoms with Crippen molar-refractivity contribution in [1.82, 2.24) is 4.31 Å². The van der Waals surface area contributed by atoms with E-state index in [1.54, 1.807) is 22.5 Å². The summed E-state index contributed by atoms with van der Waals surface area (Å²) in [5.74, 6) is 0. The standard InChI is InChI=1S/C49H83NO5S2/c1-3-5-7-9-11-13-15-17-19-21-23-25-27-29-31-33-39-50(40-34-32-30-28-26-24-22-20-18-16-14-12-10-8-6-4-2)56(51,52)46-35-37-48-44(42-46)41-45-43-47(57(53,54)55)36-38-49(45)48/h35-38,42-43H,3-34,39-41H2,1-2H3,(H,53,54,55). The minimum absolute atomic E-state index is 0.134. The molecule has 0 spiro atoms. The molecular weight excluding hydrogens is 747 g/mol. The SMILES string of the molecule is CCCCCCCCCCCCCCCCCCN(CCCCCCCCCCCCCCCCCC)S(=O)(=O)c1ccc2c(c1)Cc1cc(S(=O)(=O)O)ccc1-2. The van der Waals surface area contributed by atoms with Gasteiger partial charge in [0.05, 0.1) is 9.79 Å². The summed E-state index contributed by atoms with van der Waals surface area (Å²) in [5, 5.41) is 0. The monoisotopic (exact) mass is 830 g/mol. The van der Waals surface area contributed by atoms with E-state index in [0.29, 0.717) is 24.4 Å². The van der Waals surface area contributed by atoms with E-state index < -0.39 is 20.1 Å². The maximum Gasteiger partial charge on any atom is 0.294 e. The minimum atomic E-state index is -4.31. The molecule has 57 heavy (non-hydrogen) atoms. The van der Waals surface area contributed by atoms with E-state index in [1.807, 2.05) is 6.07 Å². The van der Waals surface area contributed by atoms with E-state index in [-0.39, 0.29) is 4.90 Å². The van der Waals surface area contributed by atoms with Crippen LogP contribution < -0.4 is 0 Å². The Morgan fingerprint density at radius 1 is 0.421 bits per heavy atom. The van der Waals surface area contributed by atoms with Gasteiger partial charge in [-0.1, -0.05) is 219 Å². The normalized spacial score (nSPS) is 12.8. The zero-order valence-electron chi connectivity index (χ0n) is 36.6. The lowest BCUT2D eigenvalue weighted by Crippen LogP contribution is -2.33. The molecule has 0 saturated heterocycles. The molecule has 6 nitrogen and oxygen atoms in total. The first-order valence-electron chi connectivity index (χ1n) is 23.9. The number of nitrogens with zero attached hydrogens (tertiary/aromatic N) is 1. The highest BCUT2D eigenvalue weighted by Gasteiger charge is 2.27. The van der Waals surface area contributed by atoms with Gasteiger partial charge in [-0.15, -0.1) is 0 Å². The Labute approximate surface area is 351 Å². The zero-order valence-corrected chi connectivity index (χ0v) is 38.2. The molecule has 2 aromatic rings. The Morgan fingerprint density at radius 2 is 0.702 bits per heavy atom. The van der Waals surface area contributed by atoms with Crippen LogP contribution >= 0.6 is 0 Å². The lowest BCUT2D eigenvalue weighted by Gasteiger charge is -2.23. The molecule has 0 bridgehead atoms. The number of benzene rings is 2. The molecule has 1 aliphatic carbocycles. The van der Waals surface area contributed by atoms with Crippen molar-refractivity contribution in [2.24, 2.45) is 0 Å². The smallest absolute Gasteiger partial charge is 0.282 e. The van der Waals surface area contributed by atoms with Crippen LogP contribution in [0.3, 0.4) is 0 Å². The van der Waals surface area contributed by atoms with Crippen LogP contribution in [0.4, 0.5) is 0 Å². The van der Waals surface area contributed by atoms with Gasteiger partial charge in [0.15, 0.2) is 0 Å². The fourth-order valence-electron chi connectivity index (χ4n) is 8.66. The third-order valence-electron chi connectivity index (χ3n) is 12.3. The minimum Gasteiger partial charge on any atom is -0.282 e. The second kappa shape index (κ2) is 29.5. The number of sulfonamides is 1. The summed E-state index contributed by atoms with van der Waals surface area (Å²) in [6.45, 7) is 5.65. The highest BCUT2D eigenvalue weighted by Crippen LogP contribution is 2.39. The van der Waals surface area contributed by atoms with Gasteiger partial charge < -0.3 is 0 Å². The molecule has 326 valence electrons. The van der Waals surface area contributed by atoms with Crippen molar-refractivity contribution in [1.29, 1.82) is 0 Å². The Morgan fingerprint density at radius 3 is 1.02 bits per heavy atom. The summed E-state index contributed by atoms with van der Waals surface area (Å²) in [4.78, 5) is 0.183. The first kappa shape index (κ1) is 49.6. The van der Waals surface area contributed by atoms with Crippen molar-refractivity contribution in [2.75, 3.05) is 13.1 Å². The van der Waals surface area contributed by atoms with E-state index in [1.165, 1.54) is 179 Å². The molecule has 0 fully saturated rings. The second-order valence-electron chi connectivity index (χ2n) is 17.3. The highest BCUT2D eigenvalue weighted by molar-refractivity contribution is 7.89. The number of rotatable bonds is 37. The molecular formula is C49H83NO5S2. The molecule has 0 atom stereocenters. The van der Waals surface area contributed by atoms with Crippen LogP contribution in [0.25, 0.3) is 11.1 Å². The summed E-state index contributed by atoms with van der Waals surface area (Å²) in [7, 11) is -8.00. The van der Waals surface area contributed by atoms with Crippen LogP contribution in [0.15, 0.2) is 46.2 Å². The molecule has 1 aliphatic rings. The number of hydrogen-bond donors (Lipinski definition) is 1. The molecule has 0 heterocycles. The average molecular weight is 830 g/mol. The quantitative estimate of drug-likeness (QED) is 0.0461. The lowest BCUT2D eigenvalue weighted by molar-refractivity contribution is 0.383. The molecule has 3 rings (SSSR count). The first-order valence-corrected chi connectivity index (χ1v) is 26.8. The molecule has 2 aromatic carbocycles. The van der Waals surface area contributed by atoms with E-state index in [2.05, 4.69) is 13.8 Å². The Bertz CT molecular complexity index is 1540. The number of unbranched alkanes of at least 4 members (excludes halogenated alkanes) is 30. The Kier molecular flexibility index (Phi) is 25.7. The van der Waals surface area contributed by atoms with Crippen LogP contribution in [0, 0.1) is 0 Å². The van der Waals surface area contributed by atoms with E-state index in [4.69, 9.17) is 0 Å². The van der Waals surface area contributed by atoms with Gasteiger partial charge in [-0.05, 0) is 65.8 Å². The van der Waals surface area contributed by atoms with Crippen LogP contribution in [0.1, 0.15) is 230 Å². The van der Waals surface area contributed by atoms with Crippen LogP contribution in [0.5, 0.6) is 0 Å².